The predicted molar refractivity (Wildman–Crippen MR) is 148 cm³/mol. The van der Waals surface area contributed by atoms with Crippen molar-refractivity contribution >= 4 is 40.7 Å². The Kier molecular flexibility index (Phi) is 5.41. The number of halogens is 3. The first-order chi connectivity index (χ1) is 19.3. The van der Waals surface area contributed by atoms with Crippen molar-refractivity contribution in [2.24, 2.45) is 5.41 Å². The van der Waals surface area contributed by atoms with Gasteiger partial charge in [0.2, 0.25) is 0 Å². The van der Waals surface area contributed by atoms with Crippen molar-refractivity contribution in [1.82, 2.24) is 0 Å². The molecular formula is C33H20ClF2NO3. The third kappa shape index (κ3) is 3.26. The predicted octanol–water partition coefficient (Wildman–Crippen LogP) is 6.93. The van der Waals surface area contributed by atoms with Crippen LogP contribution >= 0.6 is 11.6 Å². The molecule has 1 fully saturated rings. The van der Waals surface area contributed by atoms with Crippen LogP contribution in [0.25, 0.3) is 6.08 Å². The Hall–Kier alpha value is -4.42. The largest absolute Gasteiger partial charge is 0.352 e. The van der Waals surface area contributed by atoms with Crippen LogP contribution in [0.5, 0.6) is 0 Å². The summed E-state index contributed by atoms with van der Waals surface area (Å²) in [6, 6.07) is 21.0. The maximum absolute atomic E-state index is 14.5. The van der Waals surface area contributed by atoms with E-state index in [1.165, 1.54) is 36.4 Å². The summed E-state index contributed by atoms with van der Waals surface area (Å²) in [6.07, 6.45) is 3.41. The standard InChI is InChI=1S/C33H20ClF2NO3/c34-21-10-5-19(6-11-21)30(38)29-28(18-7-12-22(35)13-8-18)33(31(39)24-3-1-2-4-25(24)32(33)40)27-16-9-20-17-23(36)14-15-26(20)37(27)29/h1-17,27-29H/t27-,28-,29+/m0/s1. The van der Waals surface area contributed by atoms with Gasteiger partial charge < -0.3 is 4.90 Å². The number of anilines is 1. The lowest BCUT2D eigenvalue weighted by molar-refractivity contribution is 0.0666. The van der Waals surface area contributed by atoms with Gasteiger partial charge in [0.25, 0.3) is 0 Å². The number of rotatable bonds is 3. The van der Waals surface area contributed by atoms with Gasteiger partial charge in [-0.2, -0.15) is 0 Å². The Labute approximate surface area is 233 Å². The summed E-state index contributed by atoms with van der Waals surface area (Å²) in [5, 5.41) is 0.450. The fourth-order valence-corrected chi connectivity index (χ4v) is 6.90. The number of hydrogen-bond acceptors (Lipinski definition) is 4. The van der Waals surface area contributed by atoms with Crippen LogP contribution in [0.4, 0.5) is 14.5 Å². The summed E-state index contributed by atoms with van der Waals surface area (Å²) in [4.78, 5) is 45.3. The average molecular weight is 552 g/mol. The Morgan fingerprint density at radius 2 is 1.43 bits per heavy atom. The SMILES string of the molecule is O=C(c1ccc(Cl)cc1)[C@H]1[C@H](c2ccc(F)cc2)C2(C(=O)c3ccccc3C2=O)[C@@H]2C=Cc3cc(F)ccc3N21. The lowest BCUT2D eigenvalue weighted by atomic mass is 9.64. The minimum absolute atomic E-state index is 0.289. The zero-order chi connectivity index (χ0) is 27.8. The number of ketones is 3. The van der Waals surface area contributed by atoms with Crippen molar-refractivity contribution in [3.63, 3.8) is 0 Å². The zero-order valence-corrected chi connectivity index (χ0v) is 21.6. The monoisotopic (exact) mass is 551 g/mol. The fraction of sp³-hybridized carbons (Fsp3) is 0.121. The third-order valence-corrected chi connectivity index (χ3v) is 8.64. The van der Waals surface area contributed by atoms with Crippen LogP contribution in [-0.2, 0) is 0 Å². The molecule has 1 aliphatic carbocycles. The molecule has 0 saturated carbocycles. The summed E-state index contributed by atoms with van der Waals surface area (Å²) >= 11 is 6.10. The molecule has 196 valence electrons. The molecule has 4 aromatic rings. The lowest BCUT2D eigenvalue weighted by Gasteiger charge is -2.37. The van der Waals surface area contributed by atoms with E-state index in [4.69, 9.17) is 11.6 Å². The number of carbonyl (C=O) groups is 3. The van der Waals surface area contributed by atoms with E-state index in [-0.39, 0.29) is 28.5 Å². The highest BCUT2D eigenvalue weighted by atomic mass is 35.5. The Balaban J connectivity index is 1.54. The summed E-state index contributed by atoms with van der Waals surface area (Å²) in [7, 11) is 0. The van der Waals surface area contributed by atoms with Gasteiger partial charge in [0.15, 0.2) is 17.3 Å². The van der Waals surface area contributed by atoms with Crippen LogP contribution < -0.4 is 4.90 Å². The molecule has 1 spiro atoms. The topological polar surface area (TPSA) is 54.5 Å². The second kappa shape index (κ2) is 8.80. The first kappa shape index (κ1) is 24.6. The molecule has 2 aliphatic heterocycles. The van der Waals surface area contributed by atoms with Crippen molar-refractivity contribution < 1.29 is 23.2 Å². The van der Waals surface area contributed by atoms with Crippen LogP contribution in [0.1, 0.15) is 48.1 Å². The molecule has 4 nitrogen and oxygen atoms in total. The third-order valence-electron chi connectivity index (χ3n) is 8.39. The van der Waals surface area contributed by atoms with E-state index in [1.54, 1.807) is 71.6 Å². The maximum Gasteiger partial charge on any atom is 0.185 e. The van der Waals surface area contributed by atoms with Gasteiger partial charge in [-0.1, -0.05) is 60.2 Å². The van der Waals surface area contributed by atoms with E-state index in [9.17, 15) is 23.2 Å². The normalized spacial score (nSPS) is 21.9. The van der Waals surface area contributed by atoms with E-state index in [1.807, 2.05) is 0 Å². The van der Waals surface area contributed by atoms with Crippen molar-refractivity contribution in [3.8, 4) is 0 Å². The van der Waals surface area contributed by atoms with Gasteiger partial charge in [-0.25, -0.2) is 8.78 Å². The summed E-state index contributed by atoms with van der Waals surface area (Å²) in [6.45, 7) is 0. The summed E-state index contributed by atoms with van der Waals surface area (Å²) < 4.78 is 28.4. The highest BCUT2D eigenvalue weighted by Crippen LogP contribution is 2.61. The van der Waals surface area contributed by atoms with Crippen molar-refractivity contribution in [2.75, 3.05) is 4.90 Å². The number of fused-ring (bicyclic) bond motifs is 5. The molecule has 7 rings (SSSR count). The van der Waals surface area contributed by atoms with E-state index >= 15 is 0 Å². The molecule has 7 heteroatoms. The highest BCUT2D eigenvalue weighted by molar-refractivity contribution is 6.32. The number of benzene rings is 4. The van der Waals surface area contributed by atoms with Gasteiger partial charge in [0.05, 0.1) is 6.04 Å². The molecular weight excluding hydrogens is 532 g/mol. The second-order valence-electron chi connectivity index (χ2n) is 10.3. The number of Topliss-reactive ketones (excluding diaryl/α,β-unsaturated/α-hetero) is 3. The first-order valence-corrected chi connectivity index (χ1v) is 13.2. The van der Waals surface area contributed by atoms with E-state index in [0.717, 1.165) is 0 Å². The minimum atomic E-state index is -1.71. The zero-order valence-electron chi connectivity index (χ0n) is 20.9. The number of carbonyl (C=O) groups excluding carboxylic acids is 3. The quantitative estimate of drug-likeness (QED) is 0.204. The number of nitrogens with zero attached hydrogens (tertiary/aromatic N) is 1. The molecule has 40 heavy (non-hydrogen) atoms. The van der Waals surface area contributed by atoms with Gasteiger partial charge in [-0.05, 0) is 60.2 Å². The van der Waals surface area contributed by atoms with Crippen LogP contribution in [0.15, 0.2) is 97.1 Å². The summed E-state index contributed by atoms with van der Waals surface area (Å²) in [5.41, 5.74) is 0.740. The van der Waals surface area contributed by atoms with Gasteiger partial charge in [0.1, 0.15) is 23.1 Å². The maximum atomic E-state index is 14.5. The molecule has 0 unspecified atom stereocenters. The van der Waals surface area contributed by atoms with Crippen LogP contribution in [0, 0.1) is 17.0 Å². The van der Waals surface area contributed by atoms with Gasteiger partial charge in [-0.3, -0.25) is 14.4 Å². The first-order valence-electron chi connectivity index (χ1n) is 12.8. The Morgan fingerprint density at radius 1 is 0.800 bits per heavy atom. The van der Waals surface area contributed by atoms with Crippen LogP contribution in [-0.4, -0.2) is 29.4 Å². The molecule has 4 aromatic carbocycles. The van der Waals surface area contributed by atoms with E-state index < -0.39 is 35.1 Å². The fourth-order valence-electron chi connectivity index (χ4n) is 6.78. The molecule has 3 atom stereocenters. The molecule has 1 saturated heterocycles. The van der Waals surface area contributed by atoms with Gasteiger partial charge in [0, 0.05) is 38.9 Å². The van der Waals surface area contributed by atoms with Crippen molar-refractivity contribution in [3.05, 3.63) is 142 Å². The average Bonchev–Trinajstić information content (AvgIpc) is 3.39. The molecule has 2 heterocycles. The molecule has 0 aromatic heterocycles. The Morgan fingerprint density at radius 3 is 2.08 bits per heavy atom. The second-order valence-corrected chi connectivity index (χ2v) is 10.8. The van der Waals surface area contributed by atoms with Crippen LogP contribution in [0.3, 0.4) is 0 Å². The van der Waals surface area contributed by atoms with Gasteiger partial charge in [-0.15, -0.1) is 0 Å². The number of hydrogen-bond donors (Lipinski definition) is 0. The van der Waals surface area contributed by atoms with E-state index in [0.29, 0.717) is 27.4 Å². The highest BCUT2D eigenvalue weighted by Gasteiger charge is 2.71. The van der Waals surface area contributed by atoms with E-state index in [2.05, 4.69) is 0 Å². The van der Waals surface area contributed by atoms with Crippen LogP contribution in [0.2, 0.25) is 5.02 Å². The Bertz CT molecular complexity index is 1730. The smallest absolute Gasteiger partial charge is 0.185 e. The molecule has 0 bridgehead atoms. The minimum Gasteiger partial charge on any atom is -0.352 e. The molecule has 0 amide bonds. The van der Waals surface area contributed by atoms with Gasteiger partial charge >= 0.3 is 0 Å². The van der Waals surface area contributed by atoms with Crippen molar-refractivity contribution in [1.29, 1.82) is 0 Å². The molecule has 3 aliphatic rings. The lowest BCUT2D eigenvalue weighted by Crippen LogP contribution is -2.48. The van der Waals surface area contributed by atoms with Crippen molar-refractivity contribution in [2.45, 2.75) is 18.0 Å². The molecule has 0 radical (unpaired) electrons. The summed E-state index contributed by atoms with van der Waals surface area (Å²) in [5.74, 6) is -3.03. The molecule has 0 N–H and O–H groups in total.